The summed E-state index contributed by atoms with van der Waals surface area (Å²) in [6.45, 7) is 13.6. The molecule has 2 bridgehead atoms. The molecule has 3 heterocycles. The number of hydrogen-bond donors (Lipinski definition) is 1. The summed E-state index contributed by atoms with van der Waals surface area (Å²) >= 11 is 6.30. The first-order valence-electron chi connectivity index (χ1n) is 19.4. The molecule has 4 aliphatic rings. The summed E-state index contributed by atoms with van der Waals surface area (Å²) in [5, 5.41) is 6.74. The van der Waals surface area contributed by atoms with Crippen molar-refractivity contribution in [1.82, 2.24) is 18.9 Å². The Balaban J connectivity index is 1.15. The number of nitrogens with one attached hydrogen (secondary N) is 1. The first kappa shape index (κ1) is 38.7. The van der Waals surface area contributed by atoms with Crippen LogP contribution >= 0.6 is 11.6 Å². The monoisotopic (exact) mass is 809 g/mol. The molecule has 1 unspecified atom stereocenters. The van der Waals surface area contributed by atoms with Gasteiger partial charge in [0.25, 0.3) is 8.32 Å². The predicted molar refractivity (Wildman–Crippen MR) is 226 cm³/mol. The van der Waals surface area contributed by atoms with Gasteiger partial charge in [-0.25, -0.2) is 31.7 Å². The lowest BCUT2D eigenvalue weighted by molar-refractivity contribution is -0.106. The molecule has 0 spiro atoms. The van der Waals surface area contributed by atoms with Gasteiger partial charge >= 0.3 is 0 Å². The van der Waals surface area contributed by atoms with Crippen LogP contribution in [0.4, 0.5) is 10.2 Å². The molecule has 0 aliphatic heterocycles. The third-order valence-corrected chi connectivity index (χ3v) is 20.4. The number of anilines is 1. The van der Waals surface area contributed by atoms with Gasteiger partial charge in [0.1, 0.15) is 4.75 Å². The van der Waals surface area contributed by atoms with Crippen LogP contribution in [0.2, 0.25) is 5.04 Å². The molecular formula is C44H49ClFN5O3SSi. The molecule has 1 N–H and O–H groups in total. The minimum Gasteiger partial charge on any atom is -0.407 e. The lowest BCUT2D eigenvalue weighted by Gasteiger charge is -2.63. The van der Waals surface area contributed by atoms with Crippen LogP contribution in [0.3, 0.4) is 0 Å². The molecule has 292 valence electrons. The first-order chi connectivity index (χ1) is 26.6. The van der Waals surface area contributed by atoms with Crippen LogP contribution in [-0.2, 0) is 14.4 Å². The molecule has 12 heteroatoms. The van der Waals surface area contributed by atoms with E-state index in [0.717, 1.165) is 12.8 Å². The molecule has 9 rings (SSSR count). The van der Waals surface area contributed by atoms with Crippen LogP contribution in [0.25, 0.3) is 22.4 Å². The second-order valence-corrected chi connectivity index (χ2v) is 24.6. The summed E-state index contributed by atoms with van der Waals surface area (Å²) in [5.41, 5.74) is 0.733. The molecular weight excluding hydrogens is 761 g/mol. The van der Waals surface area contributed by atoms with Crippen LogP contribution in [-0.4, -0.2) is 53.1 Å². The van der Waals surface area contributed by atoms with Crippen molar-refractivity contribution in [2.45, 2.75) is 76.6 Å². The zero-order valence-electron chi connectivity index (χ0n) is 32.7. The minimum atomic E-state index is -4.05. The van der Waals surface area contributed by atoms with Gasteiger partial charge in [-0.15, -0.1) is 0 Å². The van der Waals surface area contributed by atoms with Crippen molar-refractivity contribution in [1.29, 1.82) is 0 Å². The molecule has 0 amide bonds. The number of hydrogen-bond acceptors (Lipinski definition) is 7. The van der Waals surface area contributed by atoms with E-state index in [0.29, 0.717) is 28.5 Å². The Bertz CT molecular complexity index is 2410. The molecule has 3 saturated carbocycles. The van der Waals surface area contributed by atoms with Gasteiger partial charge in [0.2, 0.25) is 10.0 Å². The van der Waals surface area contributed by atoms with E-state index in [1.165, 1.54) is 26.7 Å². The molecule has 0 saturated heterocycles. The van der Waals surface area contributed by atoms with Crippen molar-refractivity contribution >= 4 is 57.2 Å². The number of allylic oxidation sites excluding steroid dienone is 3. The largest absolute Gasteiger partial charge is 0.407 e. The molecule has 3 aromatic heterocycles. The smallest absolute Gasteiger partial charge is 0.261 e. The van der Waals surface area contributed by atoms with Gasteiger partial charge in [-0.1, -0.05) is 113 Å². The Kier molecular flexibility index (Phi) is 9.70. The number of fused-ring (bicyclic) bond motifs is 3. The van der Waals surface area contributed by atoms with E-state index in [2.05, 4.69) is 98.4 Å². The minimum absolute atomic E-state index is 0.0626. The quantitative estimate of drug-likeness (QED) is 0.141. The molecule has 8 nitrogen and oxygen atoms in total. The Morgan fingerprint density at radius 2 is 1.66 bits per heavy atom. The highest BCUT2D eigenvalue weighted by Gasteiger charge is 2.59. The van der Waals surface area contributed by atoms with Crippen LogP contribution in [0.5, 0.6) is 0 Å². The van der Waals surface area contributed by atoms with E-state index in [-0.39, 0.29) is 52.0 Å². The lowest BCUT2D eigenvalue weighted by atomic mass is 9.45. The van der Waals surface area contributed by atoms with Crippen molar-refractivity contribution < 1.29 is 17.2 Å². The summed E-state index contributed by atoms with van der Waals surface area (Å²) in [6.07, 6.45) is 11.5. The van der Waals surface area contributed by atoms with Gasteiger partial charge in [-0.2, -0.15) is 0 Å². The summed E-state index contributed by atoms with van der Waals surface area (Å²) in [5.74, 6) is 0.611. The van der Waals surface area contributed by atoms with Gasteiger partial charge in [0, 0.05) is 46.9 Å². The highest BCUT2D eigenvalue weighted by atomic mass is 35.5. The fraction of sp³-hybridized carbons (Fsp3) is 0.386. The van der Waals surface area contributed by atoms with E-state index in [1.807, 2.05) is 12.1 Å². The van der Waals surface area contributed by atoms with E-state index >= 15 is 4.39 Å². The van der Waals surface area contributed by atoms with E-state index in [4.69, 9.17) is 21.0 Å². The number of aromatic nitrogens is 4. The number of rotatable bonds is 10. The summed E-state index contributed by atoms with van der Waals surface area (Å²) < 4.78 is 51.9. The molecule has 3 fully saturated rings. The summed E-state index contributed by atoms with van der Waals surface area (Å²) in [6, 6.07) is 24.7. The van der Waals surface area contributed by atoms with Crippen LogP contribution in [0.15, 0.2) is 115 Å². The number of benzene rings is 2. The summed E-state index contributed by atoms with van der Waals surface area (Å²) in [4.78, 5) is 13.7. The fourth-order valence-electron chi connectivity index (χ4n) is 9.65. The first-order valence-corrected chi connectivity index (χ1v) is 23.1. The number of pyridine rings is 1. The highest BCUT2D eigenvalue weighted by Crippen LogP contribution is 2.61. The lowest BCUT2D eigenvalue weighted by Crippen LogP contribution is -2.68. The van der Waals surface area contributed by atoms with E-state index in [9.17, 15) is 8.42 Å². The average Bonchev–Trinajstić information content (AvgIpc) is 3.57. The maximum Gasteiger partial charge on any atom is 0.261 e. The molecule has 56 heavy (non-hydrogen) atoms. The van der Waals surface area contributed by atoms with Crippen LogP contribution in [0.1, 0.15) is 60.8 Å². The SMILES string of the molecule is CC1(C)[C@H]2C[C@H](CO[Si](c3ccccc3)(c3ccccc3)C(C)(C)C)[C@@H](Nc3nc(-c4cn(S(=O)(=O)C5(C)C=C(Cl)C=CC5)c5ncccc45)ncc3F)[C@@H]1C2. The van der Waals surface area contributed by atoms with Crippen molar-refractivity contribution in [2.24, 2.45) is 23.2 Å². The van der Waals surface area contributed by atoms with E-state index in [1.54, 1.807) is 43.5 Å². The Labute approximate surface area is 335 Å². The van der Waals surface area contributed by atoms with Gasteiger partial charge in [-0.3, -0.25) is 0 Å². The van der Waals surface area contributed by atoms with Crippen LogP contribution < -0.4 is 15.7 Å². The zero-order valence-corrected chi connectivity index (χ0v) is 35.3. The Hall–Kier alpha value is -4.16. The molecule has 5 aromatic rings. The molecule has 5 atom stereocenters. The van der Waals surface area contributed by atoms with Crippen molar-refractivity contribution in [3.8, 4) is 11.4 Å². The Morgan fingerprint density at radius 3 is 2.29 bits per heavy atom. The van der Waals surface area contributed by atoms with Gasteiger partial charge in [0.05, 0.1) is 6.20 Å². The average molecular weight is 811 g/mol. The van der Waals surface area contributed by atoms with Crippen LogP contribution in [0, 0.1) is 29.0 Å². The van der Waals surface area contributed by atoms with Crippen molar-refractivity contribution in [3.05, 3.63) is 120 Å². The maximum absolute atomic E-state index is 16.0. The number of nitrogens with zero attached hydrogens (tertiary/aromatic N) is 4. The molecule has 0 radical (unpaired) electrons. The van der Waals surface area contributed by atoms with E-state index < -0.39 is 28.9 Å². The molecule has 4 aliphatic carbocycles. The Morgan fingerprint density at radius 1 is 0.982 bits per heavy atom. The fourth-order valence-corrected chi connectivity index (χ4v) is 16.3. The highest BCUT2D eigenvalue weighted by molar-refractivity contribution is 7.91. The van der Waals surface area contributed by atoms with Gasteiger partial charge in [0.15, 0.2) is 23.1 Å². The predicted octanol–water partition coefficient (Wildman–Crippen LogP) is 8.69. The second-order valence-electron chi connectivity index (χ2n) is 17.6. The second kappa shape index (κ2) is 14.0. The number of halogens is 2. The third kappa shape index (κ3) is 6.26. The standard InChI is InChI=1S/C44H49ClFN5O3SSi/c1-42(2,3)56(32-16-9-7-10-17-32,33-18-11-8-12-19-33)54-28-29-23-30-24-36(43(30,4)5)38(29)49-40-37(46)26-48-39(50-40)35-27-51(41-34(35)20-14-22-47-41)55(52,53)44(6)21-13-15-31(45)25-44/h7-20,22,25-27,29-30,36,38H,21,23-24,28H2,1-6H3,(H,48,49,50)/t29-,30+,36+,38-,44?/m1/s1. The molecule has 2 aromatic carbocycles. The maximum atomic E-state index is 16.0. The topological polar surface area (TPSA) is 99.0 Å². The normalized spacial score (nSPS) is 24.8. The van der Waals surface area contributed by atoms with Crippen molar-refractivity contribution in [2.75, 3.05) is 11.9 Å². The zero-order chi connectivity index (χ0) is 39.7. The van der Waals surface area contributed by atoms with Gasteiger partial charge in [-0.05, 0) is 83.1 Å². The van der Waals surface area contributed by atoms with Gasteiger partial charge < -0.3 is 9.74 Å². The third-order valence-electron chi connectivity index (χ3n) is 12.9. The van der Waals surface area contributed by atoms with Crippen molar-refractivity contribution in [3.63, 3.8) is 0 Å². The summed E-state index contributed by atoms with van der Waals surface area (Å²) in [7, 11) is -6.88.